The summed E-state index contributed by atoms with van der Waals surface area (Å²) in [4.78, 5) is 25.7. The molecule has 1 atom stereocenters. The molecule has 1 amide bonds. The molecule has 31 heavy (non-hydrogen) atoms. The lowest BCUT2D eigenvalue weighted by molar-refractivity contribution is 0.0954. The third-order valence-electron chi connectivity index (χ3n) is 5.11. The predicted octanol–water partition coefficient (Wildman–Crippen LogP) is 3.36. The minimum atomic E-state index is -0.0896. The molecule has 3 rings (SSSR count). The topological polar surface area (TPSA) is 91.8 Å². The highest BCUT2D eigenvalue weighted by atomic mass is 35.5. The number of anilines is 1. The second-order valence-electron chi connectivity index (χ2n) is 7.74. The number of rotatable bonds is 10. The molecule has 0 aliphatic carbocycles. The van der Waals surface area contributed by atoms with Gasteiger partial charge < -0.3 is 16.0 Å². The standard InChI is InChI=1S/C22H32N6O.2ClH/c1-3-4-5-20-27-16(2)10-21(28-20)25-8-9-26-22(29)19-12-18(14-24-15-19)11-17-6-7-23-13-17;;/h10,12,14-15,17,23H,3-9,11,13H2,1-2H3,(H,26,29)(H,25,27,28);2*1H. The number of hydrogen-bond donors (Lipinski definition) is 3. The monoisotopic (exact) mass is 468 g/mol. The zero-order valence-electron chi connectivity index (χ0n) is 18.3. The lowest BCUT2D eigenvalue weighted by Gasteiger charge is -2.11. The molecule has 1 saturated heterocycles. The van der Waals surface area contributed by atoms with Crippen LogP contribution in [-0.2, 0) is 12.8 Å². The average molecular weight is 469 g/mol. The van der Waals surface area contributed by atoms with E-state index in [4.69, 9.17) is 0 Å². The van der Waals surface area contributed by atoms with Crippen LogP contribution < -0.4 is 16.0 Å². The van der Waals surface area contributed by atoms with Gasteiger partial charge in [-0.1, -0.05) is 13.3 Å². The summed E-state index contributed by atoms with van der Waals surface area (Å²) in [6.07, 6.45) is 8.75. The summed E-state index contributed by atoms with van der Waals surface area (Å²) in [5.74, 6) is 2.23. The third kappa shape index (κ3) is 8.97. The minimum absolute atomic E-state index is 0. The summed E-state index contributed by atoms with van der Waals surface area (Å²) in [6, 6.07) is 3.89. The highest BCUT2D eigenvalue weighted by Crippen LogP contribution is 2.15. The van der Waals surface area contributed by atoms with E-state index < -0.39 is 0 Å². The highest BCUT2D eigenvalue weighted by molar-refractivity contribution is 5.94. The predicted molar refractivity (Wildman–Crippen MR) is 130 cm³/mol. The summed E-state index contributed by atoms with van der Waals surface area (Å²) >= 11 is 0. The average Bonchev–Trinajstić information content (AvgIpc) is 3.22. The second kappa shape index (κ2) is 14.2. The number of nitrogens with zero attached hydrogens (tertiary/aromatic N) is 3. The molecule has 0 aromatic carbocycles. The van der Waals surface area contributed by atoms with Crippen molar-refractivity contribution in [3.8, 4) is 0 Å². The van der Waals surface area contributed by atoms with Crippen molar-refractivity contribution in [1.82, 2.24) is 25.6 Å². The number of hydrogen-bond acceptors (Lipinski definition) is 6. The van der Waals surface area contributed by atoms with E-state index in [-0.39, 0.29) is 30.7 Å². The normalized spacial score (nSPS) is 15.0. The molecule has 1 aliphatic heterocycles. The van der Waals surface area contributed by atoms with Crippen LogP contribution in [0.15, 0.2) is 24.5 Å². The Hall–Kier alpha value is -1.96. The van der Waals surface area contributed by atoms with Crippen molar-refractivity contribution in [2.24, 2.45) is 5.92 Å². The molecule has 1 unspecified atom stereocenters. The molecular weight excluding hydrogens is 435 g/mol. The van der Waals surface area contributed by atoms with Crippen molar-refractivity contribution < 1.29 is 4.79 Å². The number of unbranched alkanes of at least 4 members (excludes halogenated alkanes) is 1. The number of carbonyl (C=O) groups is 1. The Morgan fingerprint density at radius 1 is 1.19 bits per heavy atom. The molecule has 9 heteroatoms. The molecular formula is C22H34Cl2N6O. The Kier molecular flexibility index (Phi) is 12.4. The van der Waals surface area contributed by atoms with Gasteiger partial charge in [-0.2, -0.15) is 0 Å². The van der Waals surface area contributed by atoms with Crippen molar-refractivity contribution in [2.45, 2.75) is 46.0 Å². The number of amides is 1. The number of halogens is 2. The number of pyridine rings is 1. The van der Waals surface area contributed by atoms with E-state index in [1.807, 2.05) is 25.3 Å². The Morgan fingerprint density at radius 2 is 2.03 bits per heavy atom. The molecule has 7 nitrogen and oxygen atoms in total. The van der Waals surface area contributed by atoms with Gasteiger partial charge in [0.2, 0.25) is 0 Å². The molecule has 1 aliphatic rings. The Labute approximate surface area is 197 Å². The van der Waals surface area contributed by atoms with E-state index in [1.165, 1.54) is 6.42 Å². The molecule has 3 N–H and O–H groups in total. The zero-order chi connectivity index (χ0) is 20.5. The van der Waals surface area contributed by atoms with E-state index in [9.17, 15) is 4.79 Å². The summed E-state index contributed by atoms with van der Waals surface area (Å²) in [6.45, 7) is 7.39. The van der Waals surface area contributed by atoms with E-state index >= 15 is 0 Å². The smallest absolute Gasteiger partial charge is 0.252 e. The zero-order valence-corrected chi connectivity index (χ0v) is 20.0. The number of aromatic nitrogens is 3. The van der Waals surface area contributed by atoms with Crippen molar-refractivity contribution in [3.05, 3.63) is 47.2 Å². The van der Waals surface area contributed by atoms with Gasteiger partial charge in [0.05, 0.1) is 5.56 Å². The van der Waals surface area contributed by atoms with Gasteiger partial charge in [-0.15, -0.1) is 24.8 Å². The van der Waals surface area contributed by atoms with Crippen molar-refractivity contribution in [3.63, 3.8) is 0 Å². The van der Waals surface area contributed by atoms with Gasteiger partial charge in [-0.05, 0) is 56.8 Å². The van der Waals surface area contributed by atoms with E-state index in [2.05, 4.69) is 37.8 Å². The van der Waals surface area contributed by atoms with Gasteiger partial charge in [0.1, 0.15) is 11.6 Å². The lowest BCUT2D eigenvalue weighted by atomic mass is 9.99. The molecule has 0 radical (unpaired) electrons. The van der Waals surface area contributed by atoms with Gasteiger partial charge in [0.25, 0.3) is 5.91 Å². The summed E-state index contributed by atoms with van der Waals surface area (Å²) < 4.78 is 0. The largest absolute Gasteiger partial charge is 0.368 e. The van der Waals surface area contributed by atoms with Crippen LogP contribution in [0.5, 0.6) is 0 Å². The van der Waals surface area contributed by atoms with Gasteiger partial charge in [-0.3, -0.25) is 9.78 Å². The first-order chi connectivity index (χ1) is 14.1. The number of nitrogens with one attached hydrogen (secondary N) is 3. The first kappa shape index (κ1) is 27.1. The van der Waals surface area contributed by atoms with Gasteiger partial charge in [0.15, 0.2) is 0 Å². The van der Waals surface area contributed by atoms with Crippen LogP contribution >= 0.6 is 24.8 Å². The first-order valence-electron chi connectivity index (χ1n) is 10.7. The molecule has 2 aromatic rings. The lowest BCUT2D eigenvalue weighted by Crippen LogP contribution is -2.29. The van der Waals surface area contributed by atoms with Gasteiger partial charge >= 0.3 is 0 Å². The maximum absolute atomic E-state index is 12.5. The molecule has 0 saturated carbocycles. The number of aryl methyl sites for hydroxylation is 2. The molecule has 3 heterocycles. The highest BCUT2D eigenvalue weighted by Gasteiger charge is 2.16. The quantitative estimate of drug-likeness (QED) is 0.463. The fourth-order valence-electron chi connectivity index (χ4n) is 3.58. The van der Waals surface area contributed by atoms with Crippen LogP contribution in [-0.4, -0.2) is 47.0 Å². The third-order valence-corrected chi connectivity index (χ3v) is 5.11. The van der Waals surface area contributed by atoms with Crippen LogP contribution in [0.4, 0.5) is 5.82 Å². The second-order valence-corrected chi connectivity index (χ2v) is 7.74. The SMILES string of the molecule is CCCCc1nc(C)cc(NCCNC(=O)c2cncc(CC3CCNC3)c2)n1.Cl.Cl. The molecule has 172 valence electrons. The van der Waals surface area contributed by atoms with Crippen LogP contribution in [0, 0.1) is 12.8 Å². The number of carbonyl (C=O) groups excluding carboxylic acids is 1. The summed E-state index contributed by atoms with van der Waals surface area (Å²) in [5, 5.41) is 9.62. The first-order valence-corrected chi connectivity index (χ1v) is 10.7. The van der Waals surface area contributed by atoms with E-state index in [0.717, 1.165) is 61.7 Å². The molecule has 0 spiro atoms. The van der Waals surface area contributed by atoms with Crippen molar-refractivity contribution in [1.29, 1.82) is 0 Å². The molecule has 2 aromatic heterocycles. The van der Waals surface area contributed by atoms with Crippen LogP contribution in [0.3, 0.4) is 0 Å². The summed E-state index contributed by atoms with van der Waals surface area (Å²) in [5.41, 5.74) is 2.70. The van der Waals surface area contributed by atoms with Crippen LogP contribution in [0.1, 0.15) is 53.6 Å². The van der Waals surface area contributed by atoms with Gasteiger partial charge in [0, 0.05) is 43.7 Å². The van der Waals surface area contributed by atoms with Crippen molar-refractivity contribution in [2.75, 3.05) is 31.5 Å². The fourth-order valence-corrected chi connectivity index (χ4v) is 3.58. The summed E-state index contributed by atoms with van der Waals surface area (Å²) in [7, 11) is 0. The molecule has 0 bridgehead atoms. The molecule has 1 fully saturated rings. The van der Waals surface area contributed by atoms with Crippen LogP contribution in [0.2, 0.25) is 0 Å². The maximum Gasteiger partial charge on any atom is 0.252 e. The van der Waals surface area contributed by atoms with Crippen molar-refractivity contribution >= 4 is 36.5 Å². The Bertz CT molecular complexity index is 814. The Morgan fingerprint density at radius 3 is 2.77 bits per heavy atom. The Balaban J connectivity index is 0.00000240. The van der Waals surface area contributed by atoms with Crippen LogP contribution in [0.25, 0.3) is 0 Å². The maximum atomic E-state index is 12.5. The van der Waals surface area contributed by atoms with E-state index in [0.29, 0.717) is 24.6 Å². The minimum Gasteiger partial charge on any atom is -0.368 e. The fraction of sp³-hybridized carbons (Fsp3) is 0.545. The van der Waals surface area contributed by atoms with E-state index in [1.54, 1.807) is 6.20 Å². The van der Waals surface area contributed by atoms with Gasteiger partial charge in [-0.25, -0.2) is 9.97 Å².